The molecule has 1 aliphatic carbocycles. The Kier molecular flexibility index (Phi) is 6.93. The molecule has 2 aromatic rings. The van der Waals surface area contributed by atoms with E-state index in [2.05, 4.69) is 40.5 Å². The normalized spacial score (nSPS) is 31.2. The average molecular weight is 526 g/mol. The molecule has 38 heavy (non-hydrogen) atoms. The number of halogens is 2. The number of nitrogens with zero attached hydrogens (tertiary/aromatic N) is 1. The van der Waals surface area contributed by atoms with Gasteiger partial charge in [0.25, 0.3) is 0 Å². The summed E-state index contributed by atoms with van der Waals surface area (Å²) in [5, 5.41) is 2.24. The second-order valence-electron chi connectivity index (χ2n) is 11.8. The van der Waals surface area contributed by atoms with Crippen molar-refractivity contribution < 1.29 is 28.4 Å². The standard InChI is InChI=1S/C31H38F2N2O3/c1-37-28-9-5-8-25-24(28)18-38-20-30(25)19-34-17-26(30)29(36)35-15-12-23(21-6-3-2-4-7-21)16-27(35)22-10-13-31(32,33)14-11-22/h2-9,22-23,26-27,34H,10-20H2,1H3/p+1/t23-,26+,27+,30-/m1/s1. The lowest BCUT2D eigenvalue weighted by molar-refractivity contribution is -0.640. The van der Waals surface area contributed by atoms with Crippen molar-refractivity contribution in [3.8, 4) is 5.75 Å². The molecule has 2 N–H and O–H groups in total. The Morgan fingerprint density at radius 2 is 1.87 bits per heavy atom. The minimum Gasteiger partial charge on any atom is -0.496 e. The van der Waals surface area contributed by atoms with Gasteiger partial charge in [-0.25, -0.2) is 8.78 Å². The van der Waals surface area contributed by atoms with E-state index in [0.717, 1.165) is 30.7 Å². The molecule has 0 radical (unpaired) electrons. The fourth-order valence-electron chi connectivity index (χ4n) is 7.85. The van der Waals surface area contributed by atoms with Crippen LogP contribution in [0.4, 0.5) is 8.78 Å². The molecule has 0 bridgehead atoms. The Labute approximate surface area is 223 Å². The van der Waals surface area contributed by atoms with Gasteiger partial charge >= 0.3 is 0 Å². The van der Waals surface area contributed by atoms with E-state index in [4.69, 9.17) is 9.47 Å². The van der Waals surface area contributed by atoms with Crippen LogP contribution in [-0.2, 0) is 21.6 Å². The van der Waals surface area contributed by atoms with Gasteiger partial charge in [0.05, 0.1) is 38.8 Å². The summed E-state index contributed by atoms with van der Waals surface area (Å²) >= 11 is 0. The highest BCUT2D eigenvalue weighted by molar-refractivity contribution is 5.82. The lowest BCUT2D eigenvalue weighted by atomic mass is 9.68. The average Bonchev–Trinajstić information content (AvgIpc) is 3.36. The SMILES string of the molecule is COc1cccc2c1COC[C@]21C[NH2+]C[C@H]1C(=O)N1CC[C@@H](c2ccccc2)C[C@H]1C1CCC(F)(F)CC1. The summed E-state index contributed by atoms with van der Waals surface area (Å²) in [7, 11) is 1.68. The van der Waals surface area contributed by atoms with Crippen LogP contribution in [0.25, 0.3) is 0 Å². The number of alkyl halides is 2. The van der Waals surface area contributed by atoms with E-state index >= 15 is 0 Å². The largest absolute Gasteiger partial charge is 0.496 e. The summed E-state index contributed by atoms with van der Waals surface area (Å²) in [6.45, 7) is 3.19. The fraction of sp³-hybridized carbons (Fsp3) is 0.581. The summed E-state index contributed by atoms with van der Waals surface area (Å²) in [5.74, 6) is -1.35. The molecule has 1 amide bonds. The Hall–Kier alpha value is -2.51. The highest BCUT2D eigenvalue weighted by Gasteiger charge is 2.56. The first-order valence-corrected chi connectivity index (χ1v) is 14.2. The quantitative estimate of drug-likeness (QED) is 0.649. The van der Waals surface area contributed by atoms with E-state index in [-0.39, 0.29) is 36.6 Å². The van der Waals surface area contributed by atoms with Crippen LogP contribution >= 0.6 is 0 Å². The second kappa shape index (κ2) is 10.2. The molecule has 4 atom stereocenters. The molecule has 1 saturated carbocycles. The van der Waals surface area contributed by atoms with Crippen LogP contribution in [0.3, 0.4) is 0 Å². The van der Waals surface area contributed by atoms with Crippen molar-refractivity contribution in [2.75, 3.05) is 33.4 Å². The molecule has 3 fully saturated rings. The monoisotopic (exact) mass is 525 g/mol. The van der Waals surface area contributed by atoms with Crippen LogP contribution in [0.2, 0.25) is 0 Å². The number of hydrogen-bond acceptors (Lipinski definition) is 3. The number of piperidine rings is 1. The number of carbonyl (C=O) groups is 1. The first-order chi connectivity index (χ1) is 18.4. The molecule has 204 valence electrons. The number of carbonyl (C=O) groups excluding carboxylic acids is 1. The first kappa shape index (κ1) is 25.8. The van der Waals surface area contributed by atoms with Crippen molar-refractivity contribution in [3.63, 3.8) is 0 Å². The third kappa shape index (κ3) is 4.51. The van der Waals surface area contributed by atoms with Gasteiger partial charge in [-0.15, -0.1) is 0 Å². The molecule has 4 aliphatic rings. The van der Waals surface area contributed by atoms with Crippen molar-refractivity contribution in [2.24, 2.45) is 11.8 Å². The van der Waals surface area contributed by atoms with Crippen LogP contribution in [-0.4, -0.2) is 56.1 Å². The number of ether oxygens (including phenoxy) is 2. The van der Waals surface area contributed by atoms with Crippen molar-refractivity contribution in [1.82, 2.24) is 4.90 Å². The molecule has 3 heterocycles. The van der Waals surface area contributed by atoms with Gasteiger partial charge in [0.1, 0.15) is 11.7 Å². The van der Waals surface area contributed by atoms with E-state index in [1.165, 1.54) is 11.1 Å². The van der Waals surface area contributed by atoms with Gasteiger partial charge in [0, 0.05) is 31.0 Å². The van der Waals surface area contributed by atoms with Crippen molar-refractivity contribution in [1.29, 1.82) is 0 Å². The number of likely N-dealkylation sites (tertiary alicyclic amines) is 1. The van der Waals surface area contributed by atoms with E-state index in [0.29, 0.717) is 45.1 Å². The highest BCUT2D eigenvalue weighted by atomic mass is 19.3. The molecule has 6 rings (SSSR count). The number of methoxy groups -OCH3 is 1. The van der Waals surface area contributed by atoms with Crippen LogP contribution < -0.4 is 10.1 Å². The van der Waals surface area contributed by atoms with E-state index in [1.54, 1.807) is 7.11 Å². The van der Waals surface area contributed by atoms with Crippen molar-refractivity contribution in [3.05, 3.63) is 65.2 Å². The molecule has 2 aromatic carbocycles. The molecule has 1 spiro atoms. The number of nitrogens with two attached hydrogens (primary N) is 1. The molecule has 7 heteroatoms. The molecular weight excluding hydrogens is 486 g/mol. The molecule has 0 unspecified atom stereocenters. The lowest BCUT2D eigenvalue weighted by Crippen LogP contribution is -2.82. The Morgan fingerprint density at radius 1 is 1.08 bits per heavy atom. The Morgan fingerprint density at radius 3 is 2.63 bits per heavy atom. The van der Waals surface area contributed by atoms with Crippen molar-refractivity contribution >= 4 is 5.91 Å². The van der Waals surface area contributed by atoms with Gasteiger partial charge in [-0.2, -0.15) is 0 Å². The Balaban J connectivity index is 1.31. The molecule has 0 aromatic heterocycles. The zero-order chi connectivity index (χ0) is 26.3. The van der Waals surface area contributed by atoms with Gasteiger partial charge < -0.3 is 19.7 Å². The van der Waals surface area contributed by atoms with Gasteiger partial charge in [-0.05, 0) is 54.7 Å². The Bertz CT molecular complexity index is 1150. The molecule has 3 aliphatic heterocycles. The van der Waals surface area contributed by atoms with Crippen LogP contribution in [0.15, 0.2) is 48.5 Å². The summed E-state index contributed by atoms with van der Waals surface area (Å²) in [4.78, 5) is 16.6. The van der Waals surface area contributed by atoms with E-state index in [1.807, 2.05) is 18.2 Å². The minimum absolute atomic E-state index is 0.00973. The number of rotatable bonds is 4. The third-order valence-electron chi connectivity index (χ3n) is 9.88. The predicted molar refractivity (Wildman–Crippen MR) is 140 cm³/mol. The maximum Gasteiger partial charge on any atom is 0.248 e. The molecular formula is C31H39F2N2O3+. The topological polar surface area (TPSA) is 55.4 Å². The van der Waals surface area contributed by atoms with Gasteiger partial charge in [0.2, 0.25) is 11.8 Å². The number of hydrogen-bond donors (Lipinski definition) is 1. The van der Waals surface area contributed by atoms with E-state index in [9.17, 15) is 13.6 Å². The zero-order valence-corrected chi connectivity index (χ0v) is 22.2. The number of benzene rings is 2. The second-order valence-corrected chi connectivity index (χ2v) is 11.8. The van der Waals surface area contributed by atoms with Gasteiger partial charge in [0.15, 0.2) is 0 Å². The summed E-state index contributed by atoms with van der Waals surface area (Å²) in [5.41, 5.74) is 3.10. The van der Waals surface area contributed by atoms with E-state index < -0.39 is 11.3 Å². The summed E-state index contributed by atoms with van der Waals surface area (Å²) < 4.78 is 40.0. The maximum absolute atomic E-state index is 14.5. The van der Waals surface area contributed by atoms with Gasteiger partial charge in [-0.1, -0.05) is 42.5 Å². The predicted octanol–water partition coefficient (Wildman–Crippen LogP) is 4.26. The number of fused-ring (bicyclic) bond motifs is 2. The molecule has 5 nitrogen and oxygen atoms in total. The first-order valence-electron chi connectivity index (χ1n) is 14.2. The smallest absolute Gasteiger partial charge is 0.248 e. The maximum atomic E-state index is 14.5. The summed E-state index contributed by atoms with van der Waals surface area (Å²) in [6, 6.07) is 16.6. The van der Waals surface area contributed by atoms with Crippen LogP contribution in [0, 0.1) is 11.8 Å². The minimum atomic E-state index is -2.58. The fourth-order valence-corrected chi connectivity index (χ4v) is 7.85. The van der Waals surface area contributed by atoms with Crippen LogP contribution in [0.1, 0.15) is 61.1 Å². The highest BCUT2D eigenvalue weighted by Crippen LogP contribution is 2.46. The number of amides is 1. The lowest BCUT2D eigenvalue weighted by Gasteiger charge is -2.47. The zero-order valence-electron chi connectivity index (χ0n) is 22.2. The molecule has 2 saturated heterocycles. The van der Waals surface area contributed by atoms with Crippen molar-refractivity contribution in [2.45, 2.75) is 68.4 Å². The number of quaternary nitrogens is 1. The van der Waals surface area contributed by atoms with Gasteiger partial charge in [-0.3, -0.25) is 4.79 Å². The summed E-state index contributed by atoms with van der Waals surface area (Å²) in [6.07, 6.45) is 2.56. The van der Waals surface area contributed by atoms with Crippen LogP contribution in [0.5, 0.6) is 5.75 Å². The third-order valence-corrected chi connectivity index (χ3v) is 9.88.